The van der Waals surface area contributed by atoms with Gasteiger partial charge in [0, 0.05) is 18.5 Å². The number of urea groups is 1. The van der Waals surface area contributed by atoms with Crippen molar-refractivity contribution in [2.75, 3.05) is 0 Å². The summed E-state index contributed by atoms with van der Waals surface area (Å²) in [5, 5.41) is 3.02. The molecule has 0 aromatic heterocycles. The third kappa shape index (κ3) is 2.17. The van der Waals surface area contributed by atoms with E-state index in [4.69, 9.17) is 0 Å². The van der Waals surface area contributed by atoms with E-state index in [1.807, 2.05) is 0 Å². The number of nitrogens with one attached hydrogen (secondary N) is 1. The van der Waals surface area contributed by atoms with E-state index in [9.17, 15) is 9.59 Å². The van der Waals surface area contributed by atoms with Crippen LogP contribution in [0.1, 0.15) is 51.4 Å². The molecule has 1 heterocycles. The van der Waals surface area contributed by atoms with Gasteiger partial charge in [0.2, 0.25) is 5.91 Å². The highest BCUT2D eigenvalue weighted by Crippen LogP contribution is 2.36. The summed E-state index contributed by atoms with van der Waals surface area (Å²) < 4.78 is 0. The van der Waals surface area contributed by atoms with E-state index in [0.29, 0.717) is 12.3 Å². The Morgan fingerprint density at radius 2 is 1.71 bits per heavy atom. The molecule has 1 N–H and O–H groups in total. The van der Waals surface area contributed by atoms with Crippen LogP contribution < -0.4 is 5.32 Å². The second kappa shape index (κ2) is 4.31. The maximum absolute atomic E-state index is 12.1. The number of hydrogen-bond acceptors (Lipinski definition) is 2. The van der Waals surface area contributed by atoms with Crippen LogP contribution in [0.15, 0.2) is 0 Å². The molecule has 2 saturated carbocycles. The lowest BCUT2D eigenvalue weighted by Gasteiger charge is -2.38. The van der Waals surface area contributed by atoms with Gasteiger partial charge in [-0.15, -0.1) is 0 Å². The monoisotopic (exact) mass is 236 g/mol. The van der Waals surface area contributed by atoms with Gasteiger partial charge in [0.15, 0.2) is 0 Å². The summed E-state index contributed by atoms with van der Waals surface area (Å²) in [6.07, 6.45) is 8.38. The summed E-state index contributed by atoms with van der Waals surface area (Å²) in [6, 6.07) is 0.149. The topological polar surface area (TPSA) is 49.4 Å². The summed E-state index contributed by atoms with van der Waals surface area (Å²) in [5.41, 5.74) is 0. The minimum absolute atomic E-state index is 0.0533. The van der Waals surface area contributed by atoms with Crippen LogP contribution in [0.2, 0.25) is 0 Å². The van der Waals surface area contributed by atoms with Gasteiger partial charge in [0.1, 0.15) is 0 Å². The summed E-state index contributed by atoms with van der Waals surface area (Å²) in [4.78, 5) is 25.7. The second-order valence-electron chi connectivity index (χ2n) is 5.65. The minimum Gasteiger partial charge on any atom is -0.334 e. The average molecular weight is 236 g/mol. The van der Waals surface area contributed by atoms with Crippen LogP contribution in [0, 0.1) is 5.92 Å². The SMILES string of the molecule is O=C1CC(C2CC2)NC(=O)N1C1CCCCC1. The van der Waals surface area contributed by atoms with Crippen molar-refractivity contribution in [3.8, 4) is 0 Å². The van der Waals surface area contributed by atoms with E-state index in [1.165, 1.54) is 24.2 Å². The molecule has 3 aliphatic rings. The molecule has 3 fully saturated rings. The first-order chi connectivity index (χ1) is 8.25. The normalized spacial score (nSPS) is 31.5. The highest BCUT2D eigenvalue weighted by atomic mass is 16.2. The fourth-order valence-corrected chi connectivity index (χ4v) is 3.17. The Morgan fingerprint density at radius 3 is 2.29 bits per heavy atom. The second-order valence-corrected chi connectivity index (χ2v) is 5.65. The largest absolute Gasteiger partial charge is 0.334 e. The Bertz CT molecular complexity index is 314. The molecule has 0 aromatic rings. The van der Waals surface area contributed by atoms with Crippen LogP contribution in [0.25, 0.3) is 0 Å². The van der Waals surface area contributed by atoms with Gasteiger partial charge in [0.25, 0.3) is 0 Å². The molecule has 17 heavy (non-hydrogen) atoms. The predicted molar refractivity (Wildman–Crippen MR) is 63.4 cm³/mol. The van der Waals surface area contributed by atoms with E-state index in [-0.39, 0.29) is 24.0 Å². The van der Waals surface area contributed by atoms with Gasteiger partial charge in [-0.1, -0.05) is 19.3 Å². The van der Waals surface area contributed by atoms with E-state index in [0.717, 1.165) is 25.7 Å². The first-order valence-corrected chi connectivity index (χ1v) is 6.88. The fraction of sp³-hybridized carbons (Fsp3) is 0.846. The molecule has 1 aliphatic heterocycles. The smallest absolute Gasteiger partial charge is 0.324 e. The number of carbonyl (C=O) groups excluding carboxylic acids is 2. The maximum Gasteiger partial charge on any atom is 0.324 e. The summed E-state index contributed by atoms with van der Waals surface area (Å²) in [7, 11) is 0. The summed E-state index contributed by atoms with van der Waals surface area (Å²) in [5.74, 6) is 0.619. The van der Waals surface area contributed by atoms with Crippen molar-refractivity contribution in [3.05, 3.63) is 0 Å². The van der Waals surface area contributed by atoms with Gasteiger partial charge < -0.3 is 5.32 Å². The molecule has 0 aromatic carbocycles. The Morgan fingerprint density at radius 1 is 1.00 bits per heavy atom. The van der Waals surface area contributed by atoms with E-state index in [1.54, 1.807) is 0 Å². The molecule has 3 amide bonds. The molecule has 94 valence electrons. The number of amides is 3. The summed E-state index contributed by atoms with van der Waals surface area (Å²) in [6.45, 7) is 0. The van der Waals surface area contributed by atoms with Crippen LogP contribution >= 0.6 is 0 Å². The van der Waals surface area contributed by atoms with E-state index < -0.39 is 0 Å². The highest BCUT2D eigenvalue weighted by molar-refractivity contribution is 5.97. The molecular weight excluding hydrogens is 216 g/mol. The molecule has 4 nitrogen and oxygen atoms in total. The fourth-order valence-electron chi connectivity index (χ4n) is 3.17. The van der Waals surface area contributed by atoms with Crippen molar-refractivity contribution in [2.45, 2.75) is 63.5 Å². The van der Waals surface area contributed by atoms with Gasteiger partial charge in [-0.25, -0.2) is 4.79 Å². The molecular formula is C13H20N2O2. The molecule has 1 atom stereocenters. The Kier molecular flexibility index (Phi) is 2.81. The van der Waals surface area contributed by atoms with Crippen LogP contribution in [-0.4, -0.2) is 28.9 Å². The van der Waals surface area contributed by atoms with E-state index >= 15 is 0 Å². The van der Waals surface area contributed by atoms with Crippen LogP contribution in [0.3, 0.4) is 0 Å². The first-order valence-electron chi connectivity index (χ1n) is 6.88. The predicted octanol–water partition coefficient (Wildman–Crippen LogP) is 2.04. The number of hydrogen-bond donors (Lipinski definition) is 1. The first kappa shape index (κ1) is 11.1. The zero-order valence-corrected chi connectivity index (χ0v) is 10.2. The van der Waals surface area contributed by atoms with Crippen LogP contribution in [0.5, 0.6) is 0 Å². The van der Waals surface area contributed by atoms with Crippen molar-refractivity contribution in [2.24, 2.45) is 5.92 Å². The van der Waals surface area contributed by atoms with Crippen molar-refractivity contribution < 1.29 is 9.59 Å². The molecule has 1 saturated heterocycles. The lowest BCUT2D eigenvalue weighted by molar-refractivity contribution is -0.132. The number of imide groups is 1. The van der Waals surface area contributed by atoms with Crippen molar-refractivity contribution in [1.29, 1.82) is 0 Å². The maximum atomic E-state index is 12.1. The molecule has 3 rings (SSSR count). The Hall–Kier alpha value is -1.06. The minimum atomic E-state index is -0.134. The molecule has 4 heteroatoms. The molecule has 0 radical (unpaired) electrons. The van der Waals surface area contributed by atoms with Gasteiger partial charge in [-0.05, 0) is 31.6 Å². The van der Waals surface area contributed by atoms with Gasteiger partial charge >= 0.3 is 6.03 Å². The average Bonchev–Trinajstić information content (AvgIpc) is 3.13. The lowest BCUT2D eigenvalue weighted by atomic mass is 9.93. The zero-order chi connectivity index (χ0) is 11.8. The van der Waals surface area contributed by atoms with Crippen molar-refractivity contribution in [3.63, 3.8) is 0 Å². The van der Waals surface area contributed by atoms with Gasteiger partial charge in [0.05, 0.1) is 0 Å². The third-order valence-corrected chi connectivity index (χ3v) is 4.32. The highest BCUT2D eigenvalue weighted by Gasteiger charge is 2.42. The molecule has 1 unspecified atom stereocenters. The van der Waals surface area contributed by atoms with Crippen molar-refractivity contribution in [1.82, 2.24) is 10.2 Å². The van der Waals surface area contributed by atoms with E-state index in [2.05, 4.69) is 5.32 Å². The van der Waals surface area contributed by atoms with Crippen LogP contribution in [-0.2, 0) is 4.79 Å². The zero-order valence-electron chi connectivity index (χ0n) is 10.2. The number of carbonyl (C=O) groups is 2. The molecule has 0 spiro atoms. The number of rotatable bonds is 2. The Balaban J connectivity index is 1.67. The lowest BCUT2D eigenvalue weighted by Crippen LogP contribution is -2.58. The summed E-state index contributed by atoms with van der Waals surface area (Å²) >= 11 is 0. The molecule has 2 aliphatic carbocycles. The molecule has 0 bridgehead atoms. The van der Waals surface area contributed by atoms with Crippen LogP contribution in [0.4, 0.5) is 4.79 Å². The Labute approximate surface area is 102 Å². The van der Waals surface area contributed by atoms with Gasteiger partial charge in [-0.2, -0.15) is 0 Å². The quantitative estimate of drug-likeness (QED) is 0.797. The standard InChI is InChI=1S/C13H20N2O2/c16-12-8-11(9-6-7-9)14-13(17)15(12)10-4-2-1-3-5-10/h9-11H,1-8H2,(H,14,17). The van der Waals surface area contributed by atoms with Gasteiger partial charge in [-0.3, -0.25) is 9.69 Å². The number of nitrogens with zero attached hydrogens (tertiary/aromatic N) is 1. The third-order valence-electron chi connectivity index (χ3n) is 4.32. The van der Waals surface area contributed by atoms with Crippen molar-refractivity contribution >= 4 is 11.9 Å².